The van der Waals surface area contributed by atoms with Crippen LogP contribution in [0.3, 0.4) is 0 Å². The lowest BCUT2D eigenvalue weighted by atomic mass is 9.89. The zero-order valence-corrected chi connectivity index (χ0v) is 15.5. The summed E-state index contributed by atoms with van der Waals surface area (Å²) in [7, 11) is 0. The molecular weight excluding hydrogens is 335 g/mol. The summed E-state index contributed by atoms with van der Waals surface area (Å²) < 4.78 is 19.7. The molecule has 1 heterocycles. The molecule has 142 valence electrons. The van der Waals surface area contributed by atoms with Gasteiger partial charge in [0.25, 0.3) is 5.91 Å². The molecule has 3 rings (SSSR count). The smallest absolute Gasteiger partial charge is 0.256 e. The van der Waals surface area contributed by atoms with Gasteiger partial charge in [-0.05, 0) is 57.2 Å². The van der Waals surface area contributed by atoms with Crippen molar-refractivity contribution in [1.29, 1.82) is 0 Å². The van der Waals surface area contributed by atoms with Gasteiger partial charge in [0, 0.05) is 11.6 Å². The second kappa shape index (κ2) is 7.74. The normalized spacial score (nSPS) is 23.0. The first-order valence-electron chi connectivity index (χ1n) is 9.50. The SMILES string of the molecule is CC[C@H](C)NC(=O)[C@H]1COC2(CCCCC2)N1C(=O)c1cccc(F)c1. The highest BCUT2D eigenvalue weighted by molar-refractivity contribution is 5.98. The molecule has 1 saturated carbocycles. The Labute approximate surface area is 153 Å². The van der Waals surface area contributed by atoms with E-state index in [0.29, 0.717) is 12.8 Å². The molecule has 1 aromatic carbocycles. The summed E-state index contributed by atoms with van der Waals surface area (Å²) in [6, 6.07) is 4.97. The van der Waals surface area contributed by atoms with Crippen LogP contribution in [0.4, 0.5) is 4.39 Å². The molecule has 2 aliphatic rings. The molecule has 0 bridgehead atoms. The lowest BCUT2D eigenvalue weighted by molar-refractivity contribution is -0.127. The number of carbonyl (C=O) groups is 2. The van der Waals surface area contributed by atoms with Crippen LogP contribution in [-0.2, 0) is 9.53 Å². The number of ether oxygens (including phenoxy) is 1. The molecule has 0 radical (unpaired) electrons. The molecular formula is C20H27FN2O3. The number of amides is 2. The maximum atomic E-state index is 13.6. The van der Waals surface area contributed by atoms with E-state index < -0.39 is 17.6 Å². The molecule has 0 unspecified atom stereocenters. The minimum absolute atomic E-state index is 0.0246. The average molecular weight is 362 g/mol. The second-order valence-corrected chi connectivity index (χ2v) is 7.34. The number of nitrogens with zero attached hydrogens (tertiary/aromatic N) is 1. The van der Waals surface area contributed by atoms with Crippen molar-refractivity contribution in [2.75, 3.05) is 6.61 Å². The van der Waals surface area contributed by atoms with Crippen LogP contribution in [0.25, 0.3) is 0 Å². The molecule has 26 heavy (non-hydrogen) atoms. The first-order valence-corrected chi connectivity index (χ1v) is 9.50. The van der Waals surface area contributed by atoms with Crippen molar-refractivity contribution >= 4 is 11.8 Å². The molecule has 6 heteroatoms. The van der Waals surface area contributed by atoms with E-state index in [4.69, 9.17) is 4.74 Å². The zero-order chi connectivity index (χ0) is 18.7. The first kappa shape index (κ1) is 18.8. The summed E-state index contributed by atoms with van der Waals surface area (Å²) >= 11 is 0. The van der Waals surface area contributed by atoms with Crippen molar-refractivity contribution in [2.45, 2.75) is 70.2 Å². The summed E-state index contributed by atoms with van der Waals surface area (Å²) in [6.45, 7) is 4.11. The number of rotatable bonds is 4. The lowest BCUT2D eigenvalue weighted by Gasteiger charge is -2.41. The van der Waals surface area contributed by atoms with E-state index >= 15 is 0 Å². The van der Waals surface area contributed by atoms with Crippen molar-refractivity contribution in [3.8, 4) is 0 Å². The van der Waals surface area contributed by atoms with E-state index in [0.717, 1.165) is 25.7 Å². The van der Waals surface area contributed by atoms with Crippen molar-refractivity contribution in [1.82, 2.24) is 10.2 Å². The summed E-state index contributed by atoms with van der Waals surface area (Å²) in [5, 5.41) is 2.95. The summed E-state index contributed by atoms with van der Waals surface area (Å²) in [5.41, 5.74) is -0.499. The van der Waals surface area contributed by atoms with Gasteiger partial charge >= 0.3 is 0 Å². The summed E-state index contributed by atoms with van der Waals surface area (Å²) in [5.74, 6) is -1.01. The molecule has 1 aliphatic heterocycles. The molecule has 1 spiro atoms. The topological polar surface area (TPSA) is 58.6 Å². The van der Waals surface area contributed by atoms with Gasteiger partial charge < -0.3 is 10.1 Å². The predicted octanol–water partition coefficient (Wildman–Crippen LogP) is 3.24. The van der Waals surface area contributed by atoms with Crippen LogP contribution in [0.1, 0.15) is 62.7 Å². The summed E-state index contributed by atoms with van der Waals surface area (Å²) in [6.07, 6.45) is 5.22. The number of carbonyl (C=O) groups excluding carboxylic acids is 2. The second-order valence-electron chi connectivity index (χ2n) is 7.34. The maximum Gasteiger partial charge on any atom is 0.256 e. The van der Waals surface area contributed by atoms with Crippen LogP contribution in [0.2, 0.25) is 0 Å². The molecule has 1 aliphatic carbocycles. The molecule has 1 N–H and O–H groups in total. The monoisotopic (exact) mass is 362 g/mol. The average Bonchev–Trinajstić information content (AvgIpc) is 3.00. The number of benzene rings is 1. The van der Waals surface area contributed by atoms with Gasteiger partial charge in [-0.25, -0.2) is 4.39 Å². The Morgan fingerprint density at radius 3 is 2.73 bits per heavy atom. The standard InChI is InChI=1S/C20H27FN2O3/c1-3-14(2)22-18(24)17-13-26-20(10-5-4-6-11-20)23(17)19(25)15-8-7-9-16(21)12-15/h7-9,12,14,17H,3-6,10-11,13H2,1-2H3,(H,22,24)/t14-,17+/m0/s1. The van der Waals surface area contributed by atoms with Gasteiger partial charge in [-0.2, -0.15) is 0 Å². The minimum Gasteiger partial charge on any atom is -0.353 e. The van der Waals surface area contributed by atoms with E-state index in [2.05, 4.69) is 5.32 Å². The molecule has 2 amide bonds. The largest absolute Gasteiger partial charge is 0.353 e. The maximum absolute atomic E-state index is 13.6. The highest BCUT2D eigenvalue weighted by Crippen LogP contribution is 2.41. The third-order valence-electron chi connectivity index (χ3n) is 5.49. The number of halogens is 1. The molecule has 1 saturated heterocycles. The van der Waals surface area contributed by atoms with Crippen LogP contribution < -0.4 is 5.32 Å². The fraction of sp³-hybridized carbons (Fsp3) is 0.600. The Morgan fingerprint density at radius 2 is 2.08 bits per heavy atom. The van der Waals surface area contributed by atoms with Crippen molar-refractivity contribution in [3.05, 3.63) is 35.6 Å². The Morgan fingerprint density at radius 1 is 1.35 bits per heavy atom. The Balaban J connectivity index is 1.92. The van der Waals surface area contributed by atoms with Crippen molar-refractivity contribution < 1.29 is 18.7 Å². The van der Waals surface area contributed by atoms with Gasteiger partial charge in [0.2, 0.25) is 5.91 Å². The van der Waals surface area contributed by atoms with Crippen LogP contribution in [0.15, 0.2) is 24.3 Å². The minimum atomic E-state index is -0.751. The van der Waals surface area contributed by atoms with Gasteiger partial charge in [0.05, 0.1) is 6.61 Å². The predicted molar refractivity (Wildman–Crippen MR) is 96.0 cm³/mol. The third-order valence-corrected chi connectivity index (χ3v) is 5.49. The number of hydrogen-bond acceptors (Lipinski definition) is 3. The molecule has 0 aromatic heterocycles. The van der Waals surface area contributed by atoms with E-state index in [1.54, 1.807) is 11.0 Å². The van der Waals surface area contributed by atoms with Gasteiger partial charge in [-0.3, -0.25) is 14.5 Å². The molecule has 2 fully saturated rings. The van der Waals surface area contributed by atoms with Gasteiger partial charge in [-0.15, -0.1) is 0 Å². The quantitative estimate of drug-likeness (QED) is 0.895. The van der Waals surface area contributed by atoms with Crippen molar-refractivity contribution in [2.24, 2.45) is 0 Å². The highest BCUT2D eigenvalue weighted by Gasteiger charge is 2.53. The van der Waals surface area contributed by atoms with Crippen LogP contribution in [0, 0.1) is 5.82 Å². The van der Waals surface area contributed by atoms with Crippen LogP contribution in [0.5, 0.6) is 0 Å². The highest BCUT2D eigenvalue weighted by atomic mass is 19.1. The van der Waals surface area contributed by atoms with Crippen LogP contribution in [-0.4, -0.2) is 41.1 Å². The van der Waals surface area contributed by atoms with E-state index in [1.165, 1.54) is 18.2 Å². The van der Waals surface area contributed by atoms with Gasteiger partial charge in [0.15, 0.2) is 0 Å². The molecule has 1 aromatic rings. The fourth-order valence-electron chi connectivity index (χ4n) is 3.87. The number of hydrogen-bond donors (Lipinski definition) is 1. The van der Waals surface area contributed by atoms with E-state index in [-0.39, 0.29) is 30.0 Å². The van der Waals surface area contributed by atoms with Crippen molar-refractivity contribution in [3.63, 3.8) is 0 Å². The number of nitrogens with one attached hydrogen (secondary N) is 1. The van der Waals surface area contributed by atoms with Crippen LogP contribution >= 0.6 is 0 Å². The van der Waals surface area contributed by atoms with Gasteiger partial charge in [-0.1, -0.05) is 19.4 Å². The Hall–Kier alpha value is -1.95. The summed E-state index contributed by atoms with van der Waals surface area (Å²) in [4.78, 5) is 27.6. The zero-order valence-electron chi connectivity index (χ0n) is 15.5. The Bertz CT molecular complexity index is 673. The fourth-order valence-corrected chi connectivity index (χ4v) is 3.87. The third kappa shape index (κ3) is 3.61. The van der Waals surface area contributed by atoms with E-state index in [9.17, 15) is 14.0 Å². The Kier molecular flexibility index (Phi) is 5.61. The molecule has 2 atom stereocenters. The first-order chi connectivity index (χ1) is 12.5. The van der Waals surface area contributed by atoms with Gasteiger partial charge in [0.1, 0.15) is 17.6 Å². The molecule has 5 nitrogen and oxygen atoms in total. The lowest BCUT2D eigenvalue weighted by Crippen LogP contribution is -2.57. The van der Waals surface area contributed by atoms with E-state index in [1.807, 2.05) is 13.8 Å².